The molecule has 1 heterocycles. The standard InChI is InChI=1S/C23H28O3/c1-5-6-13-25-22(24)15-21-18-10-8-7-9-17(18)19-14-16(23(2,3)4)11-12-20(19)26-21/h7-12,14,21H,5-6,13,15H2,1-4H3. The molecule has 0 N–H and O–H groups in total. The van der Waals surface area contributed by atoms with E-state index in [1.807, 2.05) is 24.3 Å². The van der Waals surface area contributed by atoms with E-state index in [1.54, 1.807) is 0 Å². The lowest BCUT2D eigenvalue weighted by molar-refractivity contribution is -0.145. The van der Waals surface area contributed by atoms with E-state index in [1.165, 1.54) is 5.56 Å². The molecule has 3 heteroatoms. The molecule has 0 spiro atoms. The average Bonchev–Trinajstić information content (AvgIpc) is 2.61. The number of esters is 1. The van der Waals surface area contributed by atoms with Gasteiger partial charge >= 0.3 is 5.97 Å². The second-order valence-electron chi connectivity index (χ2n) is 7.93. The zero-order valence-corrected chi connectivity index (χ0v) is 16.2. The summed E-state index contributed by atoms with van der Waals surface area (Å²) in [5.41, 5.74) is 4.64. The van der Waals surface area contributed by atoms with E-state index in [0.29, 0.717) is 6.61 Å². The van der Waals surface area contributed by atoms with Gasteiger partial charge in [0.2, 0.25) is 0 Å². The highest BCUT2D eigenvalue weighted by molar-refractivity contribution is 5.78. The van der Waals surface area contributed by atoms with Crippen LogP contribution in [0, 0.1) is 0 Å². The molecule has 0 saturated heterocycles. The second kappa shape index (κ2) is 7.53. The van der Waals surface area contributed by atoms with Crippen molar-refractivity contribution in [3.05, 3.63) is 53.6 Å². The summed E-state index contributed by atoms with van der Waals surface area (Å²) in [4.78, 5) is 12.2. The molecule has 1 aliphatic heterocycles. The number of unbranched alkanes of at least 4 members (excludes halogenated alkanes) is 1. The largest absolute Gasteiger partial charge is 0.484 e. The molecule has 138 valence electrons. The number of rotatable bonds is 5. The molecule has 0 radical (unpaired) electrons. The van der Waals surface area contributed by atoms with Crippen LogP contribution >= 0.6 is 0 Å². The van der Waals surface area contributed by atoms with E-state index in [4.69, 9.17) is 9.47 Å². The van der Waals surface area contributed by atoms with Gasteiger partial charge in [-0.15, -0.1) is 0 Å². The Bertz CT molecular complexity index is 786. The molecule has 0 fully saturated rings. The van der Waals surface area contributed by atoms with Gasteiger partial charge in [0, 0.05) is 11.1 Å². The third-order valence-corrected chi connectivity index (χ3v) is 4.83. The van der Waals surface area contributed by atoms with Gasteiger partial charge in [-0.1, -0.05) is 64.4 Å². The quantitative estimate of drug-likeness (QED) is 0.502. The first-order valence-corrected chi connectivity index (χ1v) is 9.46. The molecule has 0 amide bonds. The number of carbonyl (C=O) groups is 1. The first-order chi connectivity index (χ1) is 12.4. The van der Waals surface area contributed by atoms with E-state index >= 15 is 0 Å². The molecule has 0 aromatic heterocycles. The van der Waals surface area contributed by atoms with E-state index in [9.17, 15) is 4.79 Å². The molecule has 1 unspecified atom stereocenters. The first kappa shape index (κ1) is 18.5. The molecule has 1 aliphatic rings. The van der Waals surface area contributed by atoms with Crippen molar-refractivity contribution in [2.24, 2.45) is 0 Å². The van der Waals surface area contributed by atoms with E-state index < -0.39 is 0 Å². The van der Waals surface area contributed by atoms with Gasteiger partial charge in [0.05, 0.1) is 13.0 Å². The Morgan fingerprint density at radius 2 is 1.88 bits per heavy atom. The van der Waals surface area contributed by atoms with Crippen LogP contribution in [-0.4, -0.2) is 12.6 Å². The van der Waals surface area contributed by atoms with Gasteiger partial charge in [-0.2, -0.15) is 0 Å². The molecule has 0 saturated carbocycles. The van der Waals surface area contributed by atoms with Crippen LogP contribution in [-0.2, 0) is 14.9 Å². The van der Waals surface area contributed by atoms with Gasteiger partial charge in [-0.25, -0.2) is 0 Å². The van der Waals surface area contributed by atoms with Crippen molar-refractivity contribution in [2.45, 2.75) is 58.5 Å². The van der Waals surface area contributed by atoms with Crippen molar-refractivity contribution >= 4 is 5.97 Å². The minimum Gasteiger partial charge on any atom is -0.484 e. The Labute approximate surface area is 156 Å². The number of ether oxygens (including phenoxy) is 2. The van der Waals surface area contributed by atoms with Crippen LogP contribution in [0.4, 0.5) is 0 Å². The van der Waals surface area contributed by atoms with Crippen molar-refractivity contribution in [1.82, 2.24) is 0 Å². The highest BCUT2D eigenvalue weighted by Crippen LogP contribution is 2.45. The van der Waals surface area contributed by atoms with Crippen LogP contribution in [0.1, 0.15) is 64.2 Å². The van der Waals surface area contributed by atoms with Crippen molar-refractivity contribution < 1.29 is 14.3 Å². The fourth-order valence-corrected chi connectivity index (χ4v) is 3.24. The van der Waals surface area contributed by atoms with Crippen LogP contribution in [0.25, 0.3) is 11.1 Å². The van der Waals surface area contributed by atoms with Gasteiger partial charge < -0.3 is 9.47 Å². The monoisotopic (exact) mass is 352 g/mol. The maximum Gasteiger partial charge on any atom is 0.309 e. The molecule has 0 aliphatic carbocycles. The average molecular weight is 352 g/mol. The molecule has 2 aromatic rings. The fraction of sp³-hybridized carbons (Fsp3) is 0.435. The van der Waals surface area contributed by atoms with Gasteiger partial charge in [-0.3, -0.25) is 4.79 Å². The number of hydrogen-bond acceptors (Lipinski definition) is 3. The lowest BCUT2D eigenvalue weighted by atomic mass is 9.83. The van der Waals surface area contributed by atoms with Crippen molar-refractivity contribution in [3.8, 4) is 16.9 Å². The summed E-state index contributed by atoms with van der Waals surface area (Å²) in [6.07, 6.45) is 1.85. The Balaban J connectivity index is 1.89. The summed E-state index contributed by atoms with van der Waals surface area (Å²) in [6.45, 7) is 9.19. The Kier molecular flexibility index (Phi) is 5.36. The lowest BCUT2D eigenvalue weighted by Gasteiger charge is -2.30. The second-order valence-corrected chi connectivity index (χ2v) is 7.93. The Morgan fingerprint density at radius 3 is 2.62 bits per heavy atom. The summed E-state index contributed by atoms with van der Waals surface area (Å²) in [6, 6.07) is 14.5. The molecule has 3 rings (SSSR count). The lowest BCUT2D eigenvalue weighted by Crippen LogP contribution is -2.20. The van der Waals surface area contributed by atoms with E-state index in [0.717, 1.165) is 35.3 Å². The zero-order valence-electron chi connectivity index (χ0n) is 16.2. The number of hydrogen-bond donors (Lipinski definition) is 0. The first-order valence-electron chi connectivity index (χ1n) is 9.46. The van der Waals surface area contributed by atoms with E-state index in [-0.39, 0.29) is 23.9 Å². The van der Waals surface area contributed by atoms with Gasteiger partial charge in [0.25, 0.3) is 0 Å². The van der Waals surface area contributed by atoms with Crippen molar-refractivity contribution in [3.63, 3.8) is 0 Å². The van der Waals surface area contributed by atoms with Crippen LogP contribution in [0.2, 0.25) is 0 Å². The van der Waals surface area contributed by atoms with Crippen molar-refractivity contribution in [2.75, 3.05) is 6.61 Å². The summed E-state index contributed by atoms with van der Waals surface area (Å²) in [5, 5.41) is 0. The molecular weight excluding hydrogens is 324 g/mol. The predicted octanol–water partition coefficient (Wildman–Crippen LogP) is 5.82. The topological polar surface area (TPSA) is 35.5 Å². The molecule has 0 bridgehead atoms. The summed E-state index contributed by atoms with van der Waals surface area (Å²) in [5.74, 6) is 0.635. The SMILES string of the molecule is CCCCOC(=O)CC1Oc2ccc(C(C)(C)C)cc2-c2ccccc21. The highest BCUT2D eigenvalue weighted by Gasteiger charge is 2.29. The van der Waals surface area contributed by atoms with Gasteiger partial charge in [-0.05, 0) is 35.1 Å². The predicted molar refractivity (Wildman–Crippen MR) is 104 cm³/mol. The molecule has 3 nitrogen and oxygen atoms in total. The van der Waals surface area contributed by atoms with Crippen LogP contribution < -0.4 is 4.74 Å². The van der Waals surface area contributed by atoms with Gasteiger partial charge in [0.15, 0.2) is 0 Å². The highest BCUT2D eigenvalue weighted by atomic mass is 16.5. The molecule has 1 atom stereocenters. The minimum atomic E-state index is -0.298. The fourth-order valence-electron chi connectivity index (χ4n) is 3.24. The third-order valence-electron chi connectivity index (χ3n) is 4.83. The number of benzene rings is 2. The molecule has 26 heavy (non-hydrogen) atoms. The maximum absolute atomic E-state index is 12.2. The summed E-state index contributed by atoms with van der Waals surface area (Å²) >= 11 is 0. The van der Waals surface area contributed by atoms with Crippen LogP contribution in [0.15, 0.2) is 42.5 Å². The van der Waals surface area contributed by atoms with E-state index in [2.05, 4.69) is 45.9 Å². The number of carbonyl (C=O) groups excluding carboxylic acids is 1. The molecule has 2 aromatic carbocycles. The van der Waals surface area contributed by atoms with Crippen molar-refractivity contribution in [1.29, 1.82) is 0 Å². The van der Waals surface area contributed by atoms with Crippen LogP contribution in [0.5, 0.6) is 5.75 Å². The third kappa shape index (κ3) is 3.92. The Hall–Kier alpha value is -2.29. The smallest absolute Gasteiger partial charge is 0.309 e. The Morgan fingerprint density at radius 1 is 1.12 bits per heavy atom. The minimum absolute atomic E-state index is 0.0733. The normalized spacial score (nSPS) is 15.6. The zero-order chi connectivity index (χ0) is 18.7. The number of fused-ring (bicyclic) bond motifs is 3. The summed E-state index contributed by atoms with van der Waals surface area (Å²) in [7, 11) is 0. The maximum atomic E-state index is 12.2. The molecular formula is C23H28O3. The summed E-state index contributed by atoms with van der Waals surface area (Å²) < 4.78 is 11.5. The van der Waals surface area contributed by atoms with Crippen LogP contribution in [0.3, 0.4) is 0 Å². The van der Waals surface area contributed by atoms with Gasteiger partial charge in [0.1, 0.15) is 11.9 Å².